The highest BCUT2D eigenvalue weighted by molar-refractivity contribution is 5.46. The van der Waals surface area contributed by atoms with Crippen molar-refractivity contribution in [3.63, 3.8) is 0 Å². The van der Waals surface area contributed by atoms with Gasteiger partial charge in [0, 0.05) is 5.56 Å². The molecule has 1 aromatic rings. The van der Waals surface area contributed by atoms with Gasteiger partial charge in [-0.2, -0.15) is 0 Å². The van der Waals surface area contributed by atoms with Crippen molar-refractivity contribution in [1.29, 1.82) is 0 Å². The van der Waals surface area contributed by atoms with Gasteiger partial charge in [-0.25, -0.2) is 0 Å². The molecule has 1 atom stereocenters. The third-order valence-electron chi connectivity index (χ3n) is 2.33. The summed E-state index contributed by atoms with van der Waals surface area (Å²) in [6.45, 7) is 2.81. The van der Waals surface area contributed by atoms with E-state index in [1.54, 1.807) is 12.1 Å². The van der Waals surface area contributed by atoms with E-state index in [1.807, 2.05) is 6.07 Å². The van der Waals surface area contributed by atoms with E-state index in [9.17, 15) is 5.11 Å². The second kappa shape index (κ2) is 2.70. The van der Waals surface area contributed by atoms with Crippen LogP contribution in [0.2, 0.25) is 0 Å². The Morgan fingerprint density at radius 3 is 3.08 bits per heavy atom. The van der Waals surface area contributed by atoms with Gasteiger partial charge in [0.15, 0.2) is 5.75 Å². The summed E-state index contributed by atoms with van der Waals surface area (Å²) in [5.41, 5.74) is 0.851. The average Bonchev–Trinajstić information content (AvgIpc) is 2.04. The zero-order chi connectivity index (χ0) is 8.55. The lowest BCUT2D eigenvalue weighted by Crippen LogP contribution is -2.11. The largest absolute Gasteiger partial charge is 0.493 e. The van der Waals surface area contributed by atoms with Crippen LogP contribution in [-0.2, 0) is 5.11 Å². The summed E-state index contributed by atoms with van der Waals surface area (Å²) in [6.07, 6.45) is 0.951. The molecule has 1 aliphatic rings. The maximum Gasteiger partial charge on any atom is 0.185 e. The molecule has 1 aliphatic heterocycles. The number of fused-ring (bicyclic) bond motifs is 1. The second-order valence-electron chi connectivity index (χ2n) is 3.21. The molecular weight excluding hydrogens is 152 g/mol. The first-order valence-corrected chi connectivity index (χ1v) is 4.22. The molecule has 0 aliphatic carbocycles. The molecule has 2 heteroatoms. The Balaban J connectivity index is 2.53. The Kier molecular flexibility index (Phi) is 1.68. The van der Waals surface area contributed by atoms with Crippen LogP contribution >= 0.6 is 0 Å². The van der Waals surface area contributed by atoms with E-state index in [-0.39, 0.29) is 5.75 Å². The Morgan fingerprint density at radius 2 is 2.33 bits per heavy atom. The van der Waals surface area contributed by atoms with Gasteiger partial charge in [-0.15, -0.1) is 0 Å². The predicted molar refractivity (Wildman–Crippen MR) is 45.1 cm³/mol. The molecule has 12 heavy (non-hydrogen) atoms. The third-order valence-corrected chi connectivity index (χ3v) is 2.33. The monoisotopic (exact) mass is 163 g/mol. The molecular formula is C10H11O2. The molecule has 0 fully saturated rings. The number of hydrogen-bond acceptors (Lipinski definition) is 1. The first kappa shape index (κ1) is 7.47. The fourth-order valence-corrected chi connectivity index (χ4v) is 1.63. The van der Waals surface area contributed by atoms with Crippen molar-refractivity contribution in [3.8, 4) is 11.5 Å². The van der Waals surface area contributed by atoms with Crippen LogP contribution in [-0.4, -0.2) is 6.61 Å². The summed E-state index contributed by atoms with van der Waals surface area (Å²) < 4.78 is 5.37. The van der Waals surface area contributed by atoms with Crippen LogP contribution in [0, 0.1) is 0 Å². The second-order valence-corrected chi connectivity index (χ2v) is 3.21. The highest BCUT2D eigenvalue weighted by Gasteiger charge is 2.21. The molecule has 0 saturated heterocycles. The van der Waals surface area contributed by atoms with E-state index in [1.165, 1.54) is 0 Å². The van der Waals surface area contributed by atoms with Gasteiger partial charge >= 0.3 is 0 Å². The van der Waals surface area contributed by atoms with E-state index in [0.717, 1.165) is 24.3 Å². The zero-order valence-electron chi connectivity index (χ0n) is 7.04. The van der Waals surface area contributed by atoms with Crippen molar-refractivity contribution in [1.82, 2.24) is 0 Å². The lowest BCUT2D eigenvalue weighted by molar-refractivity contribution is 0.260. The summed E-state index contributed by atoms with van der Waals surface area (Å²) in [6, 6.07) is 5.22. The predicted octanol–water partition coefficient (Wildman–Crippen LogP) is 2.72. The van der Waals surface area contributed by atoms with Crippen LogP contribution in [0.4, 0.5) is 0 Å². The van der Waals surface area contributed by atoms with E-state index < -0.39 is 0 Å². The molecule has 0 aromatic heterocycles. The molecule has 0 amide bonds. The summed E-state index contributed by atoms with van der Waals surface area (Å²) in [7, 11) is 0. The molecule has 1 radical (unpaired) electrons. The van der Waals surface area contributed by atoms with E-state index in [0.29, 0.717) is 5.92 Å². The normalized spacial score (nSPS) is 21.2. The molecule has 0 saturated carbocycles. The van der Waals surface area contributed by atoms with Gasteiger partial charge in [-0.1, -0.05) is 13.0 Å². The van der Waals surface area contributed by atoms with E-state index in [2.05, 4.69) is 6.92 Å². The van der Waals surface area contributed by atoms with Crippen molar-refractivity contribution in [2.24, 2.45) is 0 Å². The Bertz CT molecular complexity index is 294. The zero-order valence-corrected chi connectivity index (χ0v) is 7.04. The molecule has 1 heterocycles. The fourth-order valence-electron chi connectivity index (χ4n) is 1.63. The molecule has 0 N–H and O–H groups in total. The number of benzene rings is 1. The summed E-state index contributed by atoms with van der Waals surface area (Å²) in [5.74, 6) is 1.24. The topological polar surface area (TPSA) is 29.1 Å². The van der Waals surface area contributed by atoms with Gasteiger partial charge < -0.3 is 4.74 Å². The Labute approximate surface area is 71.8 Å². The number of hydrogen-bond donors (Lipinski definition) is 0. The molecule has 0 bridgehead atoms. The van der Waals surface area contributed by atoms with E-state index in [4.69, 9.17) is 4.74 Å². The lowest BCUT2D eigenvalue weighted by atomic mass is 9.94. The number of ether oxygens (including phenoxy) is 1. The van der Waals surface area contributed by atoms with Gasteiger partial charge in [-0.3, -0.25) is 5.11 Å². The summed E-state index contributed by atoms with van der Waals surface area (Å²) in [5, 5.41) is 11.4. The minimum absolute atomic E-state index is 0.111. The van der Waals surface area contributed by atoms with Crippen LogP contribution < -0.4 is 4.74 Å². The quantitative estimate of drug-likeness (QED) is 0.578. The molecule has 0 spiro atoms. The number of rotatable bonds is 0. The van der Waals surface area contributed by atoms with Crippen LogP contribution in [0.15, 0.2) is 18.2 Å². The summed E-state index contributed by atoms with van der Waals surface area (Å²) in [4.78, 5) is 0. The van der Waals surface area contributed by atoms with Crippen LogP contribution in [0.3, 0.4) is 0 Å². The molecule has 63 valence electrons. The van der Waals surface area contributed by atoms with Gasteiger partial charge in [0.25, 0.3) is 0 Å². The first-order valence-electron chi connectivity index (χ1n) is 4.22. The third kappa shape index (κ3) is 1.04. The maximum absolute atomic E-state index is 11.4. The van der Waals surface area contributed by atoms with Crippen LogP contribution in [0.1, 0.15) is 24.8 Å². The van der Waals surface area contributed by atoms with Gasteiger partial charge in [0.05, 0.1) is 6.61 Å². The van der Waals surface area contributed by atoms with Crippen molar-refractivity contribution < 1.29 is 9.84 Å². The van der Waals surface area contributed by atoms with Gasteiger partial charge in [0.1, 0.15) is 5.75 Å². The van der Waals surface area contributed by atoms with E-state index >= 15 is 0 Å². The highest BCUT2D eigenvalue weighted by Crippen LogP contribution is 2.39. The SMILES string of the molecule is CC1CCOc2cccc([O])c21. The van der Waals surface area contributed by atoms with Crippen LogP contribution in [0.5, 0.6) is 11.5 Å². The minimum atomic E-state index is 0.111. The molecule has 1 unspecified atom stereocenters. The lowest BCUT2D eigenvalue weighted by Gasteiger charge is -2.22. The molecule has 1 aromatic carbocycles. The molecule has 2 rings (SSSR count). The van der Waals surface area contributed by atoms with Crippen molar-refractivity contribution in [2.45, 2.75) is 19.3 Å². The summed E-state index contributed by atoms with van der Waals surface area (Å²) >= 11 is 0. The smallest absolute Gasteiger partial charge is 0.185 e. The first-order chi connectivity index (χ1) is 5.79. The fraction of sp³-hybridized carbons (Fsp3) is 0.400. The van der Waals surface area contributed by atoms with Crippen molar-refractivity contribution in [2.75, 3.05) is 6.61 Å². The standard InChI is InChI=1S/C10H11O2/c1-7-5-6-12-9-4-2-3-8(11)10(7)9/h2-4,7H,5-6H2,1H3. The highest BCUT2D eigenvalue weighted by atomic mass is 16.5. The van der Waals surface area contributed by atoms with Gasteiger partial charge in [0.2, 0.25) is 0 Å². The maximum atomic E-state index is 11.4. The van der Waals surface area contributed by atoms with Crippen LogP contribution in [0.25, 0.3) is 0 Å². The van der Waals surface area contributed by atoms with Crippen molar-refractivity contribution >= 4 is 0 Å². The Morgan fingerprint density at radius 1 is 1.50 bits per heavy atom. The molecule has 2 nitrogen and oxygen atoms in total. The van der Waals surface area contributed by atoms with Crippen molar-refractivity contribution in [3.05, 3.63) is 23.8 Å². The average molecular weight is 163 g/mol. The Hall–Kier alpha value is -1.18. The van der Waals surface area contributed by atoms with Gasteiger partial charge in [-0.05, 0) is 24.5 Å². The minimum Gasteiger partial charge on any atom is -0.493 e.